The van der Waals surface area contributed by atoms with Gasteiger partial charge in [0, 0.05) is 24.1 Å². The fourth-order valence-electron chi connectivity index (χ4n) is 2.80. The zero-order chi connectivity index (χ0) is 17.6. The number of urea groups is 1. The standard InChI is InChI=1S/C19H21FN2O3/c20-15-6-3-5-13(10-15)16-11-17(16)22-19(24)21-12-14-4-1-2-7-18(14)25-9-8-23/h1-7,10,16-17,23H,8-9,11-12H2,(H2,21,22,24)/t16-,17-/m0/s1. The van der Waals surface area contributed by atoms with E-state index in [0.717, 1.165) is 17.5 Å². The van der Waals surface area contributed by atoms with Crippen LogP contribution in [0.15, 0.2) is 48.5 Å². The van der Waals surface area contributed by atoms with Gasteiger partial charge in [-0.15, -0.1) is 0 Å². The van der Waals surface area contributed by atoms with E-state index in [-0.39, 0.29) is 37.0 Å². The maximum absolute atomic E-state index is 13.3. The SMILES string of the molecule is O=C(NCc1ccccc1OCCO)N[C@H]1C[C@H]1c1cccc(F)c1. The molecule has 3 N–H and O–H groups in total. The van der Waals surface area contributed by atoms with Crippen LogP contribution in [0.1, 0.15) is 23.5 Å². The fraction of sp³-hybridized carbons (Fsp3) is 0.316. The molecule has 0 unspecified atom stereocenters. The lowest BCUT2D eigenvalue weighted by molar-refractivity contribution is 0.200. The normalized spacial score (nSPS) is 18.5. The molecule has 2 aromatic carbocycles. The van der Waals surface area contributed by atoms with Crippen molar-refractivity contribution >= 4 is 6.03 Å². The summed E-state index contributed by atoms with van der Waals surface area (Å²) >= 11 is 0. The molecule has 5 nitrogen and oxygen atoms in total. The van der Waals surface area contributed by atoms with Gasteiger partial charge in [-0.1, -0.05) is 30.3 Å². The molecule has 0 aromatic heterocycles. The average Bonchev–Trinajstić information content (AvgIpc) is 3.38. The number of hydrogen-bond acceptors (Lipinski definition) is 3. The van der Waals surface area contributed by atoms with E-state index in [4.69, 9.17) is 9.84 Å². The lowest BCUT2D eigenvalue weighted by atomic mass is 10.1. The number of amides is 2. The van der Waals surface area contributed by atoms with Crippen LogP contribution in [0.4, 0.5) is 9.18 Å². The summed E-state index contributed by atoms with van der Waals surface area (Å²) in [5.74, 6) is 0.551. The number of nitrogens with one attached hydrogen (secondary N) is 2. The van der Waals surface area contributed by atoms with Gasteiger partial charge >= 0.3 is 6.03 Å². The van der Waals surface area contributed by atoms with Crippen molar-refractivity contribution in [3.05, 3.63) is 65.5 Å². The highest BCUT2D eigenvalue weighted by molar-refractivity contribution is 5.75. The van der Waals surface area contributed by atoms with E-state index >= 15 is 0 Å². The Balaban J connectivity index is 1.48. The number of carbonyl (C=O) groups excluding carboxylic acids is 1. The van der Waals surface area contributed by atoms with Crippen LogP contribution in [0.2, 0.25) is 0 Å². The molecule has 0 aliphatic heterocycles. The summed E-state index contributed by atoms with van der Waals surface area (Å²) < 4.78 is 18.7. The minimum absolute atomic E-state index is 0.0303. The average molecular weight is 344 g/mol. The van der Waals surface area contributed by atoms with Crippen LogP contribution >= 0.6 is 0 Å². The number of hydrogen-bond donors (Lipinski definition) is 3. The first-order valence-corrected chi connectivity index (χ1v) is 8.29. The van der Waals surface area contributed by atoms with E-state index in [2.05, 4.69) is 10.6 Å². The van der Waals surface area contributed by atoms with Crippen LogP contribution in [-0.4, -0.2) is 30.4 Å². The Morgan fingerprint density at radius 1 is 1.24 bits per heavy atom. The fourth-order valence-corrected chi connectivity index (χ4v) is 2.80. The van der Waals surface area contributed by atoms with Crippen molar-refractivity contribution in [2.45, 2.75) is 24.9 Å². The first kappa shape index (κ1) is 17.2. The van der Waals surface area contributed by atoms with Crippen molar-refractivity contribution in [2.24, 2.45) is 0 Å². The molecule has 1 saturated carbocycles. The Labute approximate surface area is 145 Å². The molecule has 0 saturated heterocycles. The van der Waals surface area contributed by atoms with Crippen LogP contribution < -0.4 is 15.4 Å². The molecule has 2 atom stereocenters. The largest absolute Gasteiger partial charge is 0.491 e. The number of aliphatic hydroxyl groups is 1. The van der Waals surface area contributed by atoms with Crippen molar-refractivity contribution < 1.29 is 19.0 Å². The van der Waals surface area contributed by atoms with Crippen molar-refractivity contribution in [1.82, 2.24) is 10.6 Å². The van der Waals surface area contributed by atoms with Crippen molar-refractivity contribution in [3.63, 3.8) is 0 Å². The predicted molar refractivity (Wildman–Crippen MR) is 91.9 cm³/mol. The van der Waals surface area contributed by atoms with Crippen molar-refractivity contribution in [1.29, 1.82) is 0 Å². The first-order valence-electron chi connectivity index (χ1n) is 8.29. The highest BCUT2D eigenvalue weighted by Gasteiger charge is 2.39. The Morgan fingerprint density at radius 2 is 2.08 bits per heavy atom. The second-order valence-electron chi connectivity index (χ2n) is 6.01. The highest BCUT2D eigenvalue weighted by Crippen LogP contribution is 2.40. The number of carbonyl (C=O) groups is 1. The van der Waals surface area contributed by atoms with Crippen LogP contribution in [0.25, 0.3) is 0 Å². The molecule has 3 rings (SSSR count). The van der Waals surface area contributed by atoms with Crippen molar-refractivity contribution in [3.8, 4) is 5.75 Å². The number of rotatable bonds is 7. The second kappa shape index (κ2) is 7.98. The molecule has 1 aliphatic carbocycles. The number of ether oxygens (including phenoxy) is 1. The predicted octanol–water partition coefficient (Wildman–Crippen LogP) is 2.55. The summed E-state index contributed by atoms with van der Waals surface area (Å²) in [5.41, 5.74) is 1.75. The minimum atomic E-state index is -0.263. The summed E-state index contributed by atoms with van der Waals surface area (Å²) in [6.45, 7) is 0.469. The molecule has 0 spiro atoms. The Kier molecular flexibility index (Phi) is 5.50. The molecule has 6 heteroatoms. The topological polar surface area (TPSA) is 70.6 Å². The monoisotopic (exact) mass is 344 g/mol. The van der Waals surface area contributed by atoms with Crippen LogP contribution in [0.3, 0.4) is 0 Å². The number of benzene rings is 2. The third kappa shape index (κ3) is 4.70. The summed E-state index contributed by atoms with van der Waals surface area (Å²) in [4.78, 5) is 12.1. The van der Waals surface area contributed by atoms with E-state index in [1.165, 1.54) is 12.1 Å². The Bertz CT molecular complexity index is 738. The quantitative estimate of drug-likeness (QED) is 0.723. The van der Waals surface area contributed by atoms with Gasteiger partial charge in [0.05, 0.1) is 6.61 Å². The van der Waals surface area contributed by atoms with Crippen LogP contribution in [0.5, 0.6) is 5.75 Å². The van der Waals surface area contributed by atoms with Gasteiger partial charge in [0.15, 0.2) is 0 Å². The molecule has 1 aliphatic rings. The van der Waals surface area contributed by atoms with E-state index in [1.807, 2.05) is 24.3 Å². The Morgan fingerprint density at radius 3 is 2.88 bits per heavy atom. The van der Waals surface area contributed by atoms with Gasteiger partial charge in [-0.25, -0.2) is 9.18 Å². The van der Waals surface area contributed by atoms with Gasteiger partial charge in [0.1, 0.15) is 18.2 Å². The van der Waals surface area contributed by atoms with Gasteiger partial charge < -0.3 is 20.5 Å². The molecule has 1 fully saturated rings. The third-order valence-electron chi connectivity index (χ3n) is 4.14. The van der Waals surface area contributed by atoms with E-state index in [0.29, 0.717) is 12.3 Å². The van der Waals surface area contributed by atoms with Gasteiger partial charge in [-0.3, -0.25) is 0 Å². The highest BCUT2D eigenvalue weighted by atomic mass is 19.1. The molecule has 2 amide bonds. The summed E-state index contributed by atoms with van der Waals surface area (Å²) in [6, 6.07) is 13.6. The molecule has 0 heterocycles. The zero-order valence-corrected chi connectivity index (χ0v) is 13.7. The van der Waals surface area contributed by atoms with E-state index in [9.17, 15) is 9.18 Å². The van der Waals surface area contributed by atoms with Crippen LogP contribution in [-0.2, 0) is 6.54 Å². The second-order valence-corrected chi connectivity index (χ2v) is 6.01. The molecule has 0 bridgehead atoms. The van der Waals surface area contributed by atoms with E-state index in [1.54, 1.807) is 12.1 Å². The lowest BCUT2D eigenvalue weighted by Gasteiger charge is -2.12. The number of halogens is 1. The molecular formula is C19H21FN2O3. The maximum Gasteiger partial charge on any atom is 0.315 e. The molecule has 132 valence electrons. The third-order valence-corrected chi connectivity index (χ3v) is 4.14. The zero-order valence-electron chi connectivity index (χ0n) is 13.7. The smallest absolute Gasteiger partial charge is 0.315 e. The van der Waals surface area contributed by atoms with Gasteiger partial charge in [0.25, 0.3) is 0 Å². The molecular weight excluding hydrogens is 323 g/mol. The van der Waals surface area contributed by atoms with E-state index < -0.39 is 0 Å². The summed E-state index contributed by atoms with van der Waals surface area (Å²) in [7, 11) is 0. The summed E-state index contributed by atoms with van der Waals surface area (Å²) in [6.07, 6.45) is 0.813. The van der Waals surface area contributed by atoms with Gasteiger partial charge in [0.2, 0.25) is 0 Å². The summed E-state index contributed by atoms with van der Waals surface area (Å²) in [5, 5.41) is 14.6. The number of para-hydroxylation sites is 1. The lowest BCUT2D eigenvalue weighted by Crippen LogP contribution is -2.37. The van der Waals surface area contributed by atoms with Gasteiger partial charge in [-0.2, -0.15) is 0 Å². The number of aliphatic hydroxyl groups excluding tert-OH is 1. The van der Waals surface area contributed by atoms with Crippen LogP contribution in [0, 0.1) is 5.82 Å². The van der Waals surface area contributed by atoms with Crippen molar-refractivity contribution in [2.75, 3.05) is 13.2 Å². The first-order chi connectivity index (χ1) is 12.2. The minimum Gasteiger partial charge on any atom is -0.491 e. The molecule has 0 radical (unpaired) electrons. The Hall–Kier alpha value is -2.60. The van der Waals surface area contributed by atoms with Gasteiger partial charge in [-0.05, 0) is 30.2 Å². The molecule has 2 aromatic rings. The maximum atomic E-state index is 13.3. The molecule has 25 heavy (non-hydrogen) atoms.